The van der Waals surface area contributed by atoms with Gasteiger partial charge in [-0.05, 0) is 6.92 Å². The van der Waals surface area contributed by atoms with Crippen LogP contribution in [0.5, 0.6) is 5.88 Å². The molecule has 15 heavy (non-hydrogen) atoms. The molecular formula is C10H10N2O3. The molecule has 0 aliphatic carbocycles. The maximum atomic E-state index is 11.1. The molecular weight excluding hydrogens is 196 g/mol. The van der Waals surface area contributed by atoms with E-state index in [4.69, 9.17) is 11.2 Å². The van der Waals surface area contributed by atoms with Crippen molar-refractivity contribution in [2.24, 2.45) is 0 Å². The van der Waals surface area contributed by atoms with Crippen LogP contribution in [0.2, 0.25) is 0 Å². The molecule has 78 valence electrons. The zero-order valence-corrected chi connectivity index (χ0v) is 8.43. The van der Waals surface area contributed by atoms with Crippen molar-refractivity contribution < 1.29 is 14.3 Å². The highest BCUT2D eigenvalue weighted by atomic mass is 16.5. The average Bonchev–Trinajstić information content (AvgIpc) is 2.28. The zero-order chi connectivity index (χ0) is 11.3. The van der Waals surface area contributed by atoms with E-state index in [1.165, 1.54) is 19.5 Å². The van der Waals surface area contributed by atoms with Crippen LogP contribution in [0.15, 0.2) is 12.4 Å². The Balaban J connectivity index is 2.84. The Labute approximate surface area is 87.4 Å². The van der Waals surface area contributed by atoms with Gasteiger partial charge < -0.3 is 9.47 Å². The third kappa shape index (κ3) is 2.95. The number of ether oxygens (including phenoxy) is 2. The SMILES string of the molecule is C#CC(C)Oc1cncc(C(=O)OC)n1. The maximum absolute atomic E-state index is 11.1. The van der Waals surface area contributed by atoms with E-state index in [1.54, 1.807) is 6.92 Å². The Morgan fingerprint density at radius 2 is 2.33 bits per heavy atom. The van der Waals surface area contributed by atoms with Gasteiger partial charge in [0, 0.05) is 0 Å². The molecule has 0 spiro atoms. The number of esters is 1. The Hall–Kier alpha value is -2.09. The second-order valence-electron chi connectivity index (χ2n) is 2.66. The first-order chi connectivity index (χ1) is 7.17. The van der Waals surface area contributed by atoms with Crippen molar-refractivity contribution in [2.75, 3.05) is 7.11 Å². The van der Waals surface area contributed by atoms with E-state index in [-0.39, 0.29) is 11.6 Å². The molecule has 0 amide bonds. The lowest BCUT2D eigenvalue weighted by Gasteiger charge is -2.07. The summed E-state index contributed by atoms with van der Waals surface area (Å²) in [5.74, 6) is 2.00. The molecule has 0 radical (unpaired) electrons. The van der Waals surface area contributed by atoms with E-state index >= 15 is 0 Å². The van der Waals surface area contributed by atoms with E-state index < -0.39 is 12.1 Å². The Morgan fingerprint density at radius 1 is 1.60 bits per heavy atom. The molecule has 1 aromatic heterocycles. The summed E-state index contributed by atoms with van der Waals surface area (Å²) in [6.45, 7) is 1.69. The van der Waals surface area contributed by atoms with Crippen LogP contribution in [-0.2, 0) is 4.74 Å². The molecule has 0 aromatic carbocycles. The Morgan fingerprint density at radius 3 is 2.93 bits per heavy atom. The van der Waals surface area contributed by atoms with Gasteiger partial charge in [0.2, 0.25) is 5.88 Å². The van der Waals surface area contributed by atoms with Crippen LogP contribution < -0.4 is 4.74 Å². The molecule has 1 aromatic rings. The van der Waals surface area contributed by atoms with Gasteiger partial charge in [-0.25, -0.2) is 9.78 Å². The number of carbonyl (C=O) groups excluding carboxylic acids is 1. The van der Waals surface area contributed by atoms with Gasteiger partial charge in [0.15, 0.2) is 11.8 Å². The molecule has 0 bridgehead atoms. The van der Waals surface area contributed by atoms with Crippen LogP contribution in [-0.4, -0.2) is 29.2 Å². The third-order valence-electron chi connectivity index (χ3n) is 1.54. The van der Waals surface area contributed by atoms with E-state index in [0.717, 1.165) is 0 Å². The molecule has 0 N–H and O–H groups in total. The summed E-state index contributed by atoms with van der Waals surface area (Å²) in [6.07, 6.45) is 7.37. The van der Waals surface area contributed by atoms with Gasteiger partial charge in [0.25, 0.3) is 0 Å². The number of methoxy groups -OCH3 is 1. The van der Waals surface area contributed by atoms with Gasteiger partial charge in [-0.3, -0.25) is 4.98 Å². The Bertz CT molecular complexity index is 398. The summed E-state index contributed by atoms with van der Waals surface area (Å²) in [5, 5.41) is 0. The molecule has 5 heteroatoms. The van der Waals surface area contributed by atoms with Crippen LogP contribution in [0.25, 0.3) is 0 Å². The predicted octanol–water partition coefficient (Wildman–Crippen LogP) is 0.664. The molecule has 1 heterocycles. The summed E-state index contributed by atoms with van der Waals surface area (Å²) in [6, 6.07) is 0. The minimum absolute atomic E-state index is 0.0826. The highest BCUT2D eigenvalue weighted by Crippen LogP contribution is 2.07. The van der Waals surface area contributed by atoms with E-state index in [1.807, 2.05) is 0 Å². The lowest BCUT2D eigenvalue weighted by molar-refractivity contribution is 0.0591. The monoisotopic (exact) mass is 206 g/mol. The summed E-state index contributed by atoms with van der Waals surface area (Å²) >= 11 is 0. The van der Waals surface area contributed by atoms with Gasteiger partial charge in [0.1, 0.15) is 0 Å². The first-order valence-electron chi connectivity index (χ1n) is 4.20. The summed E-state index contributed by atoms with van der Waals surface area (Å²) < 4.78 is 9.67. The molecule has 1 unspecified atom stereocenters. The van der Waals surface area contributed by atoms with E-state index in [2.05, 4.69) is 20.6 Å². The van der Waals surface area contributed by atoms with Crippen molar-refractivity contribution in [2.45, 2.75) is 13.0 Å². The number of rotatable bonds is 3. The predicted molar refractivity (Wildman–Crippen MR) is 52.3 cm³/mol. The first kappa shape index (κ1) is 11.0. The highest BCUT2D eigenvalue weighted by molar-refractivity contribution is 5.86. The molecule has 0 fully saturated rings. The van der Waals surface area contributed by atoms with Crippen molar-refractivity contribution in [1.82, 2.24) is 9.97 Å². The van der Waals surface area contributed by atoms with Gasteiger partial charge in [-0.15, -0.1) is 6.42 Å². The van der Waals surface area contributed by atoms with Crippen molar-refractivity contribution in [3.63, 3.8) is 0 Å². The fourth-order valence-corrected chi connectivity index (χ4v) is 0.823. The van der Waals surface area contributed by atoms with Crippen LogP contribution in [0, 0.1) is 12.3 Å². The second kappa shape index (κ2) is 4.96. The molecule has 0 saturated heterocycles. The van der Waals surface area contributed by atoms with Crippen LogP contribution in [0.4, 0.5) is 0 Å². The minimum atomic E-state index is -0.568. The topological polar surface area (TPSA) is 61.3 Å². The van der Waals surface area contributed by atoms with Crippen LogP contribution in [0.3, 0.4) is 0 Å². The van der Waals surface area contributed by atoms with Crippen molar-refractivity contribution in [3.8, 4) is 18.2 Å². The quantitative estimate of drug-likeness (QED) is 0.537. The number of carbonyl (C=O) groups is 1. The van der Waals surface area contributed by atoms with Crippen molar-refractivity contribution >= 4 is 5.97 Å². The molecule has 1 atom stereocenters. The number of nitrogens with zero attached hydrogens (tertiary/aromatic N) is 2. The van der Waals surface area contributed by atoms with Crippen LogP contribution >= 0.6 is 0 Å². The summed E-state index contributed by atoms with van der Waals surface area (Å²) in [5.41, 5.74) is 0.0826. The second-order valence-corrected chi connectivity index (χ2v) is 2.66. The number of terminal acetylenes is 1. The Kier molecular flexibility index (Phi) is 3.63. The van der Waals surface area contributed by atoms with Gasteiger partial charge in [-0.2, -0.15) is 0 Å². The fraction of sp³-hybridized carbons (Fsp3) is 0.300. The average molecular weight is 206 g/mol. The van der Waals surface area contributed by atoms with Gasteiger partial charge in [0.05, 0.1) is 19.5 Å². The summed E-state index contributed by atoms with van der Waals surface area (Å²) in [4.78, 5) is 18.8. The number of hydrogen-bond acceptors (Lipinski definition) is 5. The lowest BCUT2D eigenvalue weighted by Crippen LogP contribution is -2.12. The molecule has 0 aliphatic rings. The van der Waals surface area contributed by atoms with Crippen molar-refractivity contribution in [1.29, 1.82) is 0 Å². The molecule has 0 saturated carbocycles. The fourth-order valence-electron chi connectivity index (χ4n) is 0.823. The third-order valence-corrected chi connectivity index (χ3v) is 1.54. The molecule has 5 nitrogen and oxygen atoms in total. The van der Waals surface area contributed by atoms with Crippen molar-refractivity contribution in [3.05, 3.63) is 18.1 Å². The lowest BCUT2D eigenvalue weighted by atomic mass is 10.4. The summed E-state index contributed by atoms with van der Waals surface area (Å²) in [7, 11) is 1.27. The largest absolute Gasteiger partial charge is 0.464 e. The van der Waals surface area contributed by atoms with E-state index in [9.17, 15) is 4.79 Å². The number of hydrogen-bond donors (Lipinski definition) is 0. The van der Waals surface area contributed by atoms with Crippen LogP contribution in [0.1, 0.15) is 17.4 Å². The first-order valence-corrected chi connectivity index (χ1v) is 4.20. The normalized spacial score (nSPS) is 11.3. The van der Waals surface area contributed by atoms with Gasteiger partial charge >= 0.3 is 5.97 Å². The minimum Gasteiger partial charge on any atom is -0.464 e. The standard InChI is InChI=1S/C10H10N2O3/c1-4-7(2)15-9-6-11-5-8(12-9)10(13)14-3/h1,5-7H,2-3H3. The van der Waals surface area contributed by atoms with Gasteiger partial charge in [-0.1, -0.05) is 5.92 Å². The van der Waals surface area contributed by atoms with E-state index in [0.29, 0.717) is 0 Å². The zero-order valence-electron chi connectivity index (χ0n) is 8.43. The molecule has 0 aliphatic heterocycles. The number of aromatic nitrogens is 2. The maximum Gasteiger partial charge on any atom is 0.358 e. The smallest absolute Gasteiger partial charge is 0.358 e. The highest BCUT2D eigenvalue weighted by Gasteiger charge is 2.09. The molecule has 1 rings (SSSR count).